The van der Waals surface area contributed by atoms with Crippen LogP contribution in [0.25, 0.3) is 0 Å². The molecule has 1 aromatic heterocycles. The van der Waals surface area contributed by atoms with Crippen LogP contribution in [-0.2, 0) is 10.0 Å². The van der Waals surface area contributed by atoms with Gasteiger partial charge in [-0.3, -0.25) is 4.98 Å². The van der Waals surface area contributed by atoms with Gasteiger partial charge in [0.25, 0.3) is 0 Å². The van der Waals surface area contributed by atoms with E-state index in [0.29, 0.717) is 24.0 Å². The summed E-state index contributed by atoms with van der Waals surface area (Å²) in [6.07, 6.45) is 3.65. The maximum absolute atomic E-state index is 12.3. The molecule has 0 radical (unpaired) electrons. The third kappa shape index (κ3) is 2.83. The Morgan fingerprint density at radius 3 is 3.00 bits per heavy atom. The van der Waals surface area contributed by atoms with Gasteiger partial charge in [-0.25, -0.2) is 8.42 Å². The molecule has 7 heteroatoms. The molecule has 100 valence electrons. The third-order valence-electron chi connectivity index (χ3n) is 3.06. The van der Waals surface area contributed by atoms with Crippen LogP contribution in [0, 0.1) is 5.92 Å². The normalized spacial score (nSPS) is 21.3. The molecular formula is C11H16ClN3O2S. The van der Waals surface area contributed by atoms with E-state index in [1.54, 1.807) is 0 Å². The molecule has 1 unspecified atom stereocenters. The van der Waals surface area contributed by atoms with Gasteiger partial charge < -0.3 is 5.32 Å². The van der Waals surface area contributed by atoms with Crippen molar-refractivity contribution in [1.82, 2.24) is 14.6 Å². The number of pyridine rings is 1. The minimum absolute atomic E-state index is 0.167. The minimum Gasteiger partial charge on any atom is -0.319 e. The van der Waals surface area contributed by atoms with Crippen LogP contribution in [0.4, 0.5) is 0 Å². The highest BCUT2D eigenvalue weighted by Gasteiger charge is 2.32. The lowest BCUT2D eigenvalue weighted by molar-refractivity contribution is 0.451. The molecule has 0 spiro atoms. The number of hydrogen-bond donors (Lipinski definition) is 1. The predicted octanol–water partition coefficient (Wildman–Crippen LogP) is 0.965. The average molecular weight is 290 g/mol. The maximum atomic E-state index is 12.3. The number of nitrogens with zero attached hydrogens (tertiary/aromatic N) is 2. The van der Waals surface area contributed by atoms with Crippen LogP contribution in [0.5, 0.6) is 0 Å². The Kier molecular flexibility index (Phi) is 4.21. The lowest BCUT2D eigenvalue weighted by atomic mass is 10.1. The molecule has 1 aliphatic heterocycles. The number of rotatable bonds is 4. The first-order valence-electron chi connectivity index (χ1n) is 5.79. The monoisotopic (exact) mass is 289 g/mol. The Bertz CT molecular complexity index is 521. The SMILES string of the molecule is CNCC1CCN(S(=O)(=O)c2cncc(Cl)c2)C1. The molecule has 1 aliphatic rings. The number of sulfonamides is 1. The molecule has 0 aromatic carbocycles. The Balaban J connectivity index is 2.18. The Morgan fingerprint density at radius 1 is 1.56 bits per heavy atom. The third-order valence-corrected chi connectivity index (χ3v) is 5.10. The Hall–Kier alpha value is -0.690. The van der Waals surface area contributed by atoms with Gasteiger partial charge >= 0.3 is 0 Å². The quantitative estimate of drug-likeness (QED) is 0.897. The maximum Gasteiger partial charge on any atom is 0.244 e. The van der Waals surface area contributed by atoms with E-state index < -0.39 is 10.0 Å². The summed E-state index contributed by atoms with van der Waals surface area (Å²) in [5, 5.41) is 3.41. The summed E-state index contributed by atoms with van der Waals surface area (Å²) in [5.74, 6) is 0.372. The van der Waals surface area contributed by atoms with Gasteiger partial charge in [-0.1, -0.05) is 11.6 Å². The fourth-order valence-corrected chi connectivity index (χ4v) is 3.91. The smallest absolute Gasteiger partial charge is 0.244 e. The highest BCUT2D eigenvalue weighted by atomic mass is 35.5. The molecule has 1 N–H and O–H groups in total. The van der Waals surface area contributed by atoms with E-state index in [0.717, 1.165) is 13.0 Å². The summed E-state index contributed by atoms with van der Waals surface area (Å²) < 4.78 is 26.2. The zero-order valence-electron chi connectivity index (χ0n) is 10.1. The number of nitrogens with one attached hydrogen (secondary N) is 1. The summed E-state index contributed by atoms with van der Waals surface area (Å²) in [4.78, 5) is 3.99. The van der Waals surface area contributed by atoms with Crippen molar-refractivity contribution in [3.63, 3.8) is 0 Å². The van der Waals surface area contributed by atoms with Crippen LogP contribution < -0.4 is 5.32 Å². The molecule has 0 aliphatic carbocycles. The van der Waals surface area contributed by atoms with Crippen LogP contribution in [-0.4, -0.2) is 44.4 Å². The van der Waals surface area contributed by atoms with Gasteiger partial charge in [-0.2, -0.15) is 4.31 Å². The molecule has 2 rings (SSSR count). The van der Waals surface area contributed by atoms with Gasteiger partial charge in [0.05, 0.1) is 5.02 Å². The molecule has 0 bridgehead atoms. The molecule has 0 saturated carbocycles. The van der Waals surface area contributed by atoms with Crippen LogP contribution in [0.3, 0.4) is 0 Å². The van der Waals surface area contributed by atoms with E-state index in [1.807, 2.05) is 7.05 Å². The molecular weight excluding hydrogens is 274 g/mol. The van der Waals surface area contributed by atoms with Crippen LogP contribution in [0.2, 0.25) is 5.02 Å². The van der Waals surface area contributed by atoms with E-state index in [2.05, 4.69) is 10.3 Å². The summed E-state index contributed by atoms with van der Waals surface area (Å²) in [5.41, 5.74) is 0. The van der Waals surface area contributed by atoms with E-state index in [9.17, 15) is 8.42 Å². The zero-order chi connectivity index (χ0) is 13.2. The summed E-state index contributed by atoms with van der Waals surface area (Å²) in [7, 11) is -1.58. The van der Waals surface area contributed by atoms with Gasteiger partial charge in [0.2, 0.25) is 10.0 Å². The molecule has 0 amide bonds. The van der Waals surface area contributed by atoms with Crippen molar-refractivity contribution in [3.8, 4) is 0 Å². The first kappa shape index (κ1) is 13.7. The Morgan fingerprint density at radius 2 is 2.33 bits per heavy atom. The molecule has 2 heterocycles. The van der Waals surface area contributed by atoms with Gasteiger partial charge in [0.1, 0.15) is 4.90 Å². The van der Waals surface area contributed by atoms with Crippen molar-refractivity contribution >= 4 is 21.6 Å². The fraction of sp³-hybridized carbons (Fsp3) is 0.545. The van der Waals surface area contributed by atoms with E-state index in [-0.39, 0.29) is 4.90 Å². The minimum atomic E-state index is -3.45. The highest BCUT2D eigenvalue weighted by molar-refractivity contribution is 7.89. The second-order valence-corrected chi connectivity index (χ2v) is 6.79. The van der Waals surface area contributed by atoms with E-state index in [1.165, 1.54) is 22.8 Å². The lowest BCUT2D eigenvalue weighted by Gasteiger charge is -2.16. The molecule has 1 aromatic rings. The topological polar surface area (TPSA) is 62.3 Å². The number of halogens is 1. The van der Waals surface area contributed by atoms with Crippen molar-refractivity contribution in [2.24, 2.45) is 5.92 Å². The van der Waals surface area contributed by atoms with E-state index in [4.69, 9.17) is 11.6 Å². The van der Waals surface area contributed by atoms with Crippen LogP contribution >= 0.6 is 11.6 Å². The van der Waals surface area contributed by atoms with Gasteiger partial charge in [0.15, 0.2) is 0 Å². The molecule has 1 saturated heterocycles. The largest absolute Gasteiger partial charge is 0.319 e. The molecule has 18 heavy (non-hydrogen) atoms. The number of hydrogen-bond acceptors (Lipinski definition) is 4. The molecule has 5 nitrogen and oxygen atoms in total. The van der Waals surface area contributed by atoms with Crippen molar-refractivity contribution in [2.45, 2.75) is 11.3 Å². The second kappa shape index (κ2) is 5.52. The van der Waals surface area contributed by atoms with Crippen molar-refractivity contribution in [1.29, 1.82) is 0 Å². The van der Waals surface area contributed by atoms with Gasteiger partial charge in [0, 0.05) is 25.5 Å². The number of aromatic nitrogens is 1. The van der Waals surface area contributed by atoms with Crippen molar-refractivity contribution in [3.05, 3.63) is 23.5 Å². The summed E-state index contributed by atoms with van der Waals surface area (Å²) >= 11 is 5.78. The predicted molar refractivity (Wildman–Crippen MR) is 70.0 cm³/mol. The molecule has 1 atom stereocenters. The first-order chi connectivity index (χ1) is 8.54. The zero-order valence-corrected chi connectivity index (χ0v) is 11.7. The van der Waals surface area contributed by atoms with Crippen LogP contribution in [0.1, 0.15) is 6.42 Å². The van der Waals surface area contributed by atoms with Gasteiger partial charge in [-0.05, 0) is 32.0 Å². The van der Waals surface area contributed by atoms with Crippen LogP contribution in [0.15, 0.2) is 23.4 Å². The summed E-state index contributed by atoms with van der Waals surface area (Å²) in [6, 6.07) is 1.44. The standard InChI is InChI=1S/C11H16ClN3O2S/c1-13-5-9-2-3-15(8-9)18(16,17)11-4-10(12)6-14-7-11/h4,6-7,9,13H,2-3,5,8H2,1H3. The van der Waals surface area contributed by atoms with Gasteiger partial charge in [-0.15, -0.1) is 0 Å². The lowest BCUT2D eigenvalue weighted by Crippen LogP contribution is -2.30. The van der Waals surface area contributed by atoms with Crippen molar-refractivity contribution in [2.75, 3.05) is 26.7 Å². The fourth-order valence-electron chi connectivity index (χ4n) is 2.15. The summed E-state index contributed by atoms with van der Waals surface area (Å²) in [6.45, 7) is 1.94. The Labute approximate surface area is 112 Å². The van der Waals surface area contributed by atoms with Crippen molar-refractivity contribution < 1.29 is 8.42 Å². The second-order valence-electron chi connectivity index (χ2n) is 4.41. The van der Waals surface area contributed by atoms with E-state index >= 15 is 0 Å². The first-order valence-corrected chi connectivity index (χ1v) is 7.61. The highest BCUT2D eigenvalue weighted by Crippen LogP contribution is 2.24. The molecule has 1 fully saturated rings. The average Bonchev–Trinajstić information content (AvgIpc) is 2.79.